The topological polar surface area (TPSA) is 20.3 Å². The van der Waals surface area contributed by atoms with Crippen molar-refractivity contribution in [1.29, 1.82) is 0 Å². The summed E-state index contributed by atoms with van der Waals surface area (Å²) >= 11 is 0. The van der Waals surface area contributed by atoms with Crippen molar-refractivity contribution in [3.8, 4) is 0 Å². The average Bonchev–Trinajstić information content (AvgIpc) is 2.72. The van der Waals surface area contributed by atoms with Gasteiger partial charge in [-0.2, -0.15) is 0 Å². The van der Waals surface area contributed by atoms with Crippen molar-refractivity contribution < 1.29 is 4.79 Å². The van der Waals surface area contributed by atoms with E-state index in [0.29, 0.717) is 5.91 Å². The summed E-state index contributed by atoms with van der Waals surface area (Å²) in [7, 11) is 0. The van der Waals surface area contributed by atoms with Crippen molar-refractivity contribution in [3.63, 3.8) is 0 Å². The predicted octanol–water partition coefficient (Wildman–Crippen LogP) is 4.63. The van der Waals surface area contributed by atoms with E-state index >= 15 is 0 Å². The number of rotatable bonds is 1. The summed E-state index contributed by atoms with van der Waals surface area (Å²) < 4.78 is 0. The van der Waals surface area contributed by atoms with Crippen LogP contribution in [-0.4, -0.2) is 17.4 Å². The van der Waals surface area contributed by atoms with E-state index in [1.807, 2.05) is 6.07 Å². The van der Waals surface area contributed by atoms with E-state index in [4.69, 9.17) is 0 Å². The number of hydrogen-bond donors (Lipinski definition) is 0. The Morgan fingerprint density at radius 1 is 1.09 bits per heavy atom. The van der Waals surface area contributed by atoms with Crippen molar-refractivity contribution >= 4 is 5.91 Å². The number of amides is 1. The molecule has 0 spiro atoms. The molecule has 1 aromatic rings. The first kappa shape index (κ1) is 14.0. The minimum atomic E-state index is 0.0420. The zero-order valence-corrected chi connectivity index (χ0v) is 13.5. The normalized spacial score (nSPS) is 31.8. The summed E-state index contributed by atoms with van der Waals surface area (Å²) in [5, 5.41) is 0. The molecule has 1 saturated heterocycles. The highest BCUT2D eigenvalue weighted by molar-refractivity contribution is 5.87. The number of benzene rings is 1. The second kappa shape index (κ2) is 5.26. The average molecular weight is 295 g/mol. The van der Waals surface area contributed by atoms with Crippen LogP contribution in [0.5, 0.6) is 0 Å². The van der Waals surface area contributed by atoms with Crippen molar-refractivity contribution in [2.24, 2.45) is 5.41 Å². The third-order valence-electron chi connectivity index (χ3n) is 5.96. The quantitative estimate of drug-likeness (QED) is 0.739. The number of carbonyl (C=O) groups excluding carboxylic acids is 1. The zero-order valence-electron chi connectivity index (χ0n) is 13.5. The summed E-state index contributed by atoms with van der Waals surface area (Å²) in [4.78, 5) is 15.4. The molecule has 4 rings (SSSR count). The molecule has 0 saturated carbocycles. The fraction of sp³-hybridized carbons (Fsp3) is 0.550. The molecular weight excluding hydrogens is 270 g/mol. The maximum absolute atomic E-state index is 13.2. The maximum Gasteiger partial charge on any atom is 0.234 e. The molecule has 22 heavy (non-hydrogen) atoms. The molecule has 1 aliphatic carbocycles. The zero-order chi connectivity index (χ0) is 15.2. The smallest absolute Gasteiger partial charge is 0.234 e. The van der Waals surface area contributed by atoms with Gasteiger partial charge in [0.2, 0.25) is 5.91 Å². The Hall–Kier alpha value is -1.57. The van der Waals surface area contributed by atoms with E-state index in [-0.39, 0.29) is 11.3 Å². The van der Waals surface area contributed by atoms with Gasteiger partial charge in [-0.3, -0.25) is 4.79 Å². The molecule has 2 heterocycles. The highest BCUT2D eigenvalue weighted by atomic mass is 16.2. The Kier molecular flexibility index (Phi) is 3.36. The Morgan fingerprint density at radius 3 is 2.68 bits per heavy atom. The molecule has 116 valence electrons. The molecule has 0 bridgehead atoms. The first-order chi connectivity index (χ1) is 10.7. The van der Waals surface area contributed by atoms with Gasteiger partial charge in [0.1, 0.15) is 0 Å². The van der Waals surface area contributed by atoms with E-state index < -0.39 is 0 Å². The summed E-state index contributed by atoms with van der Waals surface area (Å²) in [5.41, 5.74) is 4.44. The molecule has 3 aliphatic rings. The van der Waals surface area contributed by atoms with E-state index in [1.165, 1.54) is 43.4 Å². The van der Waals surface area contributed by atoms with Gasteiger partial charge in [-0.15, -0.1) is 0 Å². The minimum Gasteiger partial charge on any atom is -0.315 e. The van der Waals surface area contributed by atoms with Crippen LogP contribution in [0.25, 0.3) is 0 Å². The first-order valence-electron chi connectivity index (χ1n) is 8.78. The Morgan fingerprint density at radius 2 is 1.86 bits per heavy atom. The lowest BCUT2D eigenvalue weighted by Crippen LogP contribution is -2.45. The molecule has 1 amide bonds. The predicted molar refractivity (Wildman–Crippen MR) is 88.3 cm³/mol. The Bertz CT molecular complexity index is 618. The number of carbonyl (C=O) groups is 1. The van der Waals surface area contributed by atoms with Crippen LogP contribution in [-0.2, 0) is 4.79 Å². The monoisotopic (exact) mass is 295 g/mol. The van der Waals surface area contributed by atoms with Crippen LogP contribution in [0.4, 0.5) is 0 Å². The second-order valence-electron chi connectivity index (χ2n) is 7.48. The SMILES string of the molecule is CC12CCCCN3C(=O)C(c4ccccc4)CC(=C31)CCC2. The van der Waals surface area contributed by atoms with E-state index in [0.717, 1.165) is 19.4 Å². The molecule has 2 nitrogen and oxygen atoms in total. The number of nitrogens with zero attached hydrogens (tertiary/aromatic N) is 1. The van der Waals surface area contributed by atoms with Crippen LogP contribution >= 0.6 is 0 Å². The molecule has 2 heteroatoms. The van der Waals surface area contributed by atoms with Crippen LogP contribution < -0.4 is 0 Å². The first-order valence-corrected chi connectivity index (χ1v) is 8.78. The largest absolute Gasteiger partial charge is 0.315 e. The van der Waals surface area contributed by atoms with Crippen molar-refractivity contribution in [2.45, 2.75) is 57.8 Å². The van der Waals surface area contributed by atoms with Crippen molar-refractivity contribution in [2.75, 3.05) is 6.54 Å². The van der Waals surface area contributed by atoms with Crippen LogP contribution in [0.2, 0.25) is 0 Å². The molecular formula is C20H25NO. The molecule has 2 unspecified atom stereocenters. The van der Waals surface area contributed by atoms with E-state index in [9.17, 15) is 4.79 Å². The van der Waals surface area contributed by atoms with Gasteiger partial charge >= 0.3 is 0 Å². The van der Waals surface area contributed by atoms with E-state index in [1.54, 1.807) is 5.57 Å². The summed E-state index contributed by atoms with van der Waals surface area (Å²) in [6.07, 6.45) is 8.35. The maximum atomic E-state index is 13.2. The summed E-state index contributed by atoms with van der Waals surface area (Å²) in [6, 6.07) is 10.4. The fourth-order valence-electron chi connectivity index (χ4n) is 4.90. The molecule has 0 radical (unpaired) electrons. The highest BCUT2D eigenvalue weighted by Crippen LogP contribution is 2.52. The molecule has 0 N–H and O–H groups in total. The van der Waals surface area contributed by atoms with Gasteiger partial charge < -0.3 is 4.90 Å². The van der Waals surface area contributed by atoms with Gasteiger partial charge in [0, 0.05) is 17.7 Å². The Labute approximate surface area is 133 Å². The van der Waals surface area contributed by atoms with Crippen LogP contribution in [0.3, 0.4) is 0 Å². The number of allylic oxidation sites excluding steroid dienone is 2. The third kappa shape index (κ3) is 2.12. The van der Waals surface area contributed by atoms with Gasteiger partial charge in [-0.25, -0.2) is 0 Å². The van der Waals surface area contributed by atoms with Gasteiger partial charge in [-0.1, -0.05) is 43.7 Å². The lowest BCUT2D eigenvalue weighted by atomic mass is 9.68. The molecule has 2 aliphatic heterocycles. The van der Waals surface area contributed by atoms with Crippen LogP contribution in [0, 0.1) is 5.41 Å². The van der Waals surface area contributed by atoms with Crippen molar-refractivity contribution in [1.82, 2.24) is 4.90 Å². The fourth-order valence-corrected chi connectivity index (χ4v) is 4.90. The lowest BCUT2D eigenvalue weighted by molar-refractivity contribution is -0.132. The summed E-state index contributed by atoms with van der Waals surface area (Å²) in [5.74, 6) is 0.389. The second-order valence-corrected chi connectivity index (χ2v) is 7.48. The Balaban J connectivity index is 1.79. The van der Waals surface area contributed by atoms with Crippen LogP contribution in [0.1, 0.15) is 63.4 Å². The molecule has 1 fully saturated rings. The minimum absolute atomic E-state index is 0.0420. The van der Waals surface area contributed by atoms with Crippen molar-refractivity contribution in [3.05, 3.63) is 47.2 Å². The number of hydrogen-bond acceptors (Lipinski definition) is 1. The highest BCUT2D eigenvalue weighted by Gasteiger charge is 2.45. The van der Waals surface area contributed by atoms with Gasteiger partial charge in [-0.05, 0) is 49.7 Å². The lowest BCUT2D eigenvalue weighted by Gasteiger charge is -2.46. The summed E-state index contributed by atoms with van der Waals surface area (Å²) in [6.45, 7) is 3.33. The van der Waals surface area contributed by atoms with Gasteiger partial charge in [0.05, 0.1) is 5.92 Å². The van der Waals surface area contributed by atoms with Gasteiger partial charge in [0.25, 0.3) is 0 Å². The van der Waals surface area contributed by atoms with E-state index in [2.05, 4.69) is 36.1 Å². The molecule has 0 aromatic heterocycles. The standard InChI is InChI=1S/C20H25NO/c1-20-11-5-6-13-21-18(20)16(10-7-12-20)14-17(19(21)22)15-8-3-2-4-9-15/h2-4,8-9,17H,5-7,10-14H2,1H3. The molecule has 1 aromatic carbocycles. The van der Waals surface area contributed by atoms with Gasteiger partial charge in [0.15, 0.2) is 0 Å². The van der Waals surface area contributed by atoms with Crippen LogP contribution in [0.15, 0.2) is 41.6 Å². The third-order valence-corrected chi connectivity index (χ3v) is 5.96. The molecule has 2 atom stereocenters.